The van der Waals surface area contributed by atoms with Crippen LogP contribution in [0, 0.1) is 5.82 Å². The Morgan fingerprint density at radius 2 is 1.95 bits per heavy atom. The SMILES string of the molecule is Fc1ccc(OCCNC2CCCCCC2)c(Br)c1. The van der Waals surface area contributed by atoms with Crippen LogP contribution >= 0.6 is 15.9 Å². The van der Waals surface area contributed by atoms with Crippen LogP contribution in [0.4, 0.5) is 4.39 Å². The Morgan fingerprint density at radius 3 is 2.63 bits per heavy atom. The number of hydrogen-bond donors (Lipinski definition) is 1. The zero-order valence-corrected chi connectivity index (χ0v) is 12.7. The van der Waals surface area contributed by atoms with Crippen LogP contribution in [0.3, 0.4) is 0 Å². The fraction of sp³-hybridized carbons (Fsp3) is 0.600. The molecule has 1 N–H and O–H groups in total. The van der Waals surface area contributed by atoms with E-state index in [-0.39, 0.29) is 5.82 Å². The second kappa shape index (κ2) is 7.85. The summed E-state index contributed by atoms with van der Waals surface area (Å²) in [4.78, 5) is 0. The lowest BCUT2D eigenvalue weighted by atomic mass is 10.1. The number of halogens is 2. The van der Waals surface area contributed by atoms with Gasteiger partial charge in [0.1, 0.15) is 18.2 Å². The maximum absolute atomic E-state index is 12.9. The molecule has 4 heteroatoms. The Morgan fingerprint density at radius 1 is 1.21 bits per heavy atom. The van der Waals surface area contributed by atoms with Gasteiger partial charge in [0.05, 0.1) is 4.47 Å². The third-order valence-corrected chi connectivity index (χ3v) is 4.16. The number of ether oxygens (including phenoxy) is 1. The predicted molar refractivity (Wildman–Crippen MR) is 79.1 cm³/mol. The summed E-state index contributed by atoms with van der Waals surface area (Å²) >= 11 is 3.30. The Balaban J connectivity index is 1.68. The normalized spacial score (nSPS) is 17.2. The van der Waals surface area contributed by atoms with E-state index in [0.29, 0.717) is 22.9 Å². The van der Waals surface area contributed by atoms with Gasteiger partial charge >= 0.3 is 0 Å². The fourth-order valence-corrected chi connectivity index (χ4v) is 2.97. The summed E-state index contributed by atoms with van der Waals surface area (Å²) in [5, 5.41) is 3.55. The van der Waals surface area contributed by atoms with Crippen molar-refractivity contribution in [1.29, 1.82) is 0 Å². The van der Waals surface area contributed by atoms with Crippen molar-refractivity contribution in [2.45, 2.75) is 44.6 Å². The van der Waals surface area contributed by atoms with Crippen LogP contribution in [-0.4, -0.2) is 19.2 Å². The molecule has 1 fully saturated rings. The van der Waals surface area contributed by atoms with Crippen LogP contribution in [0.1, 0.15) is 38.5 Å². The van der Waals surface area contributed by atoms with E-state index >= 15 is 0 Å². The average molecular weight is 330 g/mol. The molecule has 0 radical (unpaired) electrons. The Hall–Kier alpha value is -0.610. The van der Waals surface area contributed by atoms with Gasteiger partial charge in [0, 0.05) is 12.6 Å². The first-order valence-corrected chi connectivity index (χ1v) is 7.86. The molecule has 1 aliphatic carbocycles. The van der Waals surface area contributed by atoms with Crippen LogP contribution in [0.15, 0.2) is 22.7 Å². The van der Waals surface area contributed by atoms with E-state index in [2.05, 4.69) is 21.2 Å². The maximum Gasteiger partial charge on any atom is 0.133 e. The molecule has 2 rings (SSSR count). The zero-order chi connectivity index (χ0) is 13.5. The molecule has 0 aliphatic heterocycles. The molecule has 0 atom stereocenters. The van der Waals surface area contributed by atoms with Crippen LogP contribution in [-0.2, 0) is 0 Å². The number of nitrogens with one attached hydrogen (secondary N) is 1. The largest absolute Gasteiger partial charge is 0.491 e. The van der Waals surface area contributed by atoms with E-state index in [1.165, 1.54) is 50.7 Å². The molecule has 0 saturated heterocycles. The van der Waals surface area contributed by atoms with E-state index in [0.717, 1.165) is 6.54 Å². The van der Waals surface area contributed by atoms with Crippen LogP contribution in [0.25, 0.3) is 0 Å². The van der Waals surface area contributed by atoms with Crippen LogP contribution < -0.4 is 10.1 Å². The van der Waals surface area contributed by atoms with E-state index < -0.39 is 0 Å². The molecule has 19 heavy (non-hydrogen) atoms. The standard InChI is InChI=1S/C15H21BrFNO/c16-14-11-12(17)7-8-15(14)19-10-9-18-13-5-3-1-2-4-6-13/h7-8,11,13,18H,1-6,9-10H2. The van der Waals surface area contributed by atoms with Gasteiger partial charge < -0.3 is 10.1 Å². The number of benzene rings is 1. The second-order valence-electron chi connectivity index (χ2n) is 5.07. The van der Waals surface area contributed by atoms with Crippen molar-refractivity contribution >= 4 is 15.9 Å². The molecule has 106 valence electrons. The average Bonchev–Trinajstić information content (AvgIpc) is 2.65. The molecule has 0 heterocycles. The lowest BCUT2D eigenvalue weighted by Gasteiger charge is -2.16. The Kier molecular flexibility index (Phi) is 6.11. The third-order valence-electron chi connectivity index (χ3n) is 3.54. The smallest absolute Gasteiger partial charge is 0.133 e. The van der Waals surface area contributed by atoms with Gasteiger partial charge in [-0.1, -0.05) is 25.7 Å². The topological polar surface area (TPSA) is 21.3 Å². The first-order chi connectivity index (χ1) is 9.25. The monoisotopic (exact) mass is 329 g/mol. The summed E-state index contributed by atoms with van der Waals surface area (Å²) in [6, 6.07) is 5.14. The van der Waals surface area contributed by atoms with Gasteiger partial charge in [-0.3, -0.25) is 0 Å². The van der Waals surface area contributed by atoms with Crippen LogP contribution in [0.5, 0.6) is 5.75 Å². The molecule has 1 aromatic rings. The van der Waals surface area contributed by atoms with Crippen molar-refractivity contribution in [3.8, 4) is 5.75 Å². The van der Waals surface area contributed by atoms with Gasteiger partial charge in [-0.25, -0.2) is 4.39 Å². The molecule has 0 bridgehead atoms. The lowest BCUT2D eigenvalue weighted by molar-refractivity contribution is 0.298. The van der Waals surface area contributed by atoms with E-state index in [9.17, 15) is 4.39 Å². The zero-order valence-electron chi connectivity index (χ0n) is 11.1. The van der Waals surface area contributed by atoms with Gasteiger partial charge in [-0.05, 0) is 47.0 Å². The molecule has 1 aliphatic rings. The lowest BCUT2D eigenvalue weighted by Crippen LogP contribution is -2.32. The molecular formula is C15H21BrFNO. The minimum absolute atomic E-state index is 0.254. The number of hydrogen-bond acceptors (Lipinski definition) is 2. The van der Waals surface area contributed by atoms with E-state index in [1.807, 2.05) is 0 Å². The maximum atomic E-state index is 12.9. The highest BCUT2D eigenvalue weighted by molar-refractivity contribution is 9.10. The van der Waals surface area contributed by atoms with Crippen molar-refractivity contribution in [2.75, 3.05) is 13.2 Å². The third kappa shape index (κ3) is 5.11. The van der Waals surface area contributed by atoms with Gasteiger partial charge in [0.25, 0.3) is 0 Å². The van der Waals surface area contributed by atoms with Crippen molar-refractivity contribution in [3.05, 3.63) is 28.5 Å². The first kappa shape index (κ1) is 14.8. The highest BCUT2D eigenvalue weighted by atomic mass is 79.9. The van der Waals surface area contributed by atoms with Gasteiger partial charge in [-0.15, -0.1) is 0 Å². The minimum atomic E-state index is -0.254. The molecule has 0 spiro atoms. The minimum Gasteiger partial charge on any atom is -0.491 e. The van der Waals surface area contributed by atoms with Crippen molar-refractivity contribution < 1.29 is 9.13 Å². The predicted octanol–water partition coefficient (Wildman–Crippen LogP) is 4.28. The molecular weight excluding hydrogens is 309 g/mol. The molecule has 0 aromatic heterocycles. The van der Waals surface area contributed by atoms with E-state index in [4.69, 9.17) is 4.74 Å². The summed E-state index contributed by atoms with van der Waals surface area (Å²) in [7, 11) is 0. The molecule has 2 nitrogen and oxygen atoms in total. The first-order valence-electron chi connectivity index (χ1n) is 7.07. The second-order valence-corrected chi connectivity index (χ2v) is 5.92. The van der Waals surface area contributed by atoms with Crippen molar-refractivity contribution in [2.24, 2.45) is 0 Å². The van der Waals surface area contributed by atoms with E-state index in [1.54, 1.807) is 6.07 Å². The molecule has 0 amide bonds. The molecule has 0 unspecified atom stereocenters. The highest BCUT2D eigenvalue weighted by Crippen LogP contribution is 2.25. The van der Waals surface area contributed by atoms with Crippen LogP contribution in [0.2, 0.25) is 0 Å². The quantitative estimate of drug-likeness (QED) is 0.643. The van der Waals surface area contributed by atoms with Crippen molar-refractivity contribution in [1.82, 2.24) is 5.32 Å². The highest BCUT2D eigenvalue weighted by Gasteiger charge is 2.11. The summed E-state index contributed by atoms with van der Waals surface area (Å²) < 4.78 is 19.2. The van der Waals surface area contributed by atoms with Gasteiger partial charge in [0.15, 0.2) is 0 Å². The van der Waals surface area contributed by atoms with Gasteiger partial charge in [-0.2, -0.15) is 0 Å². The Labute approximate surface area is 122 Å². The molecule has 1 saturated carbocycles. The summed E-state index contributed by atoms with van der Waals surface area (Å²) in [5.41, 5.74) is 0. The fourth-order valence-electron chi connectivity index (χ4n) is 2.50. The number of rotatable bonds is 5. The van der Waals surface area contributed by atoms with Crippen molar-refractivity contribution in [3.63, 3.8) is 0 Å². The summed E-state index contributed by atoms with van der Waals surface area (Å²) in [5.74, 6) is 0.444. The Bertz CT molecular complexity index is 392. The summed E-state index contributed by atoms with van der Waals surface area (Å²) in [6.07, 6.45) is 7.97. The summed E-state index contributed by atoms with van der Waals surface area (Å²) in [6.45, 7) is 1.45. The molecule has 1 aromatic carbocycles. The van der Waals surface area contributed by atoms with Gasteiger partial charge in [0.2, 0.25) is 0 Å².